The summed E-state index contributed by atoms with van der Waals surface area (Å²) in [5.74, 6) is 0.574. The molecular formula is C14H21BrN2O2. The maximum Gasteiger partial charge on any atom is 0.260 e. The highest BCUT2D eigenvalue weighted by atomic mass is 79.9. The molecule has 2 N–H and O–H groups in total. The first-order valence-corrected chi connectivity index (χ1v) is 7.14. The first kappa shape index (κ1) is 16.0. The number of carbonyl (C=O) groups excluding carboxylic acids is 1. The van der Waals surface area contributed by atoms with Gasteiger partial charge in [0.25, 0.3) is 5.91 Å². The zero-order valence-corrected chi connectivity index (χ0v) is 13.4. The van der Waals surface area contributed by atoms with Crippen molar-refractivity contribution in [2.45, 2.75) is 39.5 Å². The van der Waals surface area contributed by atoms with Crippen molar-refractivity contribution >= 4 is 21.8 Å². The number of hydrogen-bond donors (Lipinski definition) is 2. The molecular weight excluding hydrogens is 308 g/mol. The maximum atomic E-state index is 11.5. The minimum atomic E-state index is -0.526. The van der Waals surface area contributed by atoms with Crippen LogP contribution in [0.2, 0.25) is 0 Å². The Morgan fingerprint density at radius 3 is 2.63 bits per heavy atom. The normalized spacial score (nSPS) is 12.3. The van der Waals surface area contributed by atoms with E-state index in [1.807, 2.05) is 18.2 Å². The van der Waals surface area contributed by atoms with E-state index in [0.717, 1.165) is 10.0 Å². The molecule has 0 fully saturated rings. The molecule has 19 heavy (non-hydrogen) atoms. The molecule has 1 atom stereocenters. The van der Waals surface area contributed by atoms with Crippen LogP contribution in [-0.4, -0.2) is 25.1 Å². The fourth-order valence-electron chi connectivity index (χ4n) is 1.57. The predicted molar refractivity (Wildman–Crippen MR) is 80.3 cm³/mol. The van der Waals surface area contributed by atoms with Gasteiger partial charge in [-0.2, -0.15) is 0 Å². The van der Waals surface area contributed by atoms with Crippen molar-refractivity contribution in [2.75, 3.05) is 7.05 Å². The van der Waals surface area contributed by atoms with Crippen LogP contribution in [0.4, 0.5) is 0 Å². The van der Waals surface area contributed by atoms with Crippen molar-refractivity contribution in [3.8, 4) is 5.75 Å². The van der Waals surface area contributed by atoms with Gasteiger partial charge in [0.15, 0.2) is 6.10 Å². The number of likely N-dealkylation sites (N-methyl/N-ethyl adjacent to an activating group) is 1. The third-order valence-electron chi connectivity index (χ3n) is 2.66. The van der Waals surface area contributed by atoms with E-state index in [0.29, 0.717) is 18.3 Å². The maximum absolute atomic E-state index is 11.5. The van der Waals surface area contributed by atoms with Crippen LogP contribution in [0, 0.1) is 0 Å². The smallest absolute Gasteiger partial charge is 0.260 e. The highest BCUT2D eigenvalue weighted by Crippen LogP contribution is 2.30. The first-order chi connectivity index (χ1) is 8.95. The van der Waals surface area contributed by atoms with E-state index < -0.39 is 6.10 Å². The van der Waals surface area contributed by atoms with Gasteiger partial charge >= 0.3 is 0 Å². The summed E-state index contributed by atoms with van der Waals surface area (Å²) >= 11 is 3.47. The SMILES string of the molecule is CNC(=O)C(C)Oc1c(Br)cccc1CNC(C)C. The largest absolute Gasteiger partial charge is 0.479 e. The van der Waals surface area contributed by atoms with Gasteiger partial charge in [-0.1, -0.05) is 26.0 Å². The van der Waals surface area contributed by atoms with Gasteiger partial charge in [0.2, 0.25) is 0 Å². The summed E-state index contributed by atoms with van der Waals surface area (Å²) < 4.78 is 6.62. The van der Waals surface area contributed by atoms with Crippen LogP contribution in [0.1, 0.15) is 26.3 Å². The molecule has 0 heterocycles. The molecule has 1 unspecified atom stereocenters. The molecule has 0 aromatic heterocycles. The van der Waals surface area contributed by atoms with Crippen molar-refractivity contribution < 1.29 is 9.53 Å². The Morgan fingerprint density at radius 1 is 1.37 bits per heavy atom. The lowest BCUT2D eigenvalue weighted by Crippen LogP contribution is -2.34. The van der Waals surface area contributed by atoms with E-state index in [2.05, 4.69) is 40.4 Å². The topological polar surface area (TPSA) is 50.4 Å². The molecule has 1 aromatic rings. The summed E-state index contributed by atoms with van der Waals surface area (Å²) in [6, 6.07) is 6.25. The fraction of sp³-hybridized carbons (Fsp3) is 0.500. The van der Waals surface area contributed by atoms with Crippen LogP contribution >= 0.6 is 15.9 Å². The number of halogens is 1. The number of carbonyl (C=O) groups is 1. The number of benzene rings is 1. The lowest BCUT2D eigenvalue weighted by Gasteiger charge is -2.18. The van der Waals surface area contributed by atoms with E-state index in [-0.39, 0.29) is 5.91 Å². The zero-order valence-electron chi connectivity index (χ0n) is 11.8. The van der Waals surface area contributed by atoms with Gasteiger partial charge in [-0.25, -0.2) is 0 Å². The Bertz CT molecular complexity index is 435. The van der Waals surface area contributed by atoms with Gasteiger partial charge in [0.1, 0.15) is 5.75 Å². The monoisotopic (exact) mass is 328 g/mol. The molecule has 0 saturated carbocycles. The summed E-state index contributed by atoms with van der Waals surface area (Å²) in [6.45, 7) is 6.61. The third-order valence-corrected chi connectivity index (χ3v) is 3.28. The van der Waals surface area contributed by atoms with Gasteiger partial charge in [-0.15, -0.1) is 0 Å². The zero-order chi connectivity index (χ0) is 14.4. The molecule has 1 amide bonds. The van der Waals surface area contributed by atoms with Crippen LogP contribution in [0.25, 0.3) is 0 Å². The number of hydrogen-bond acceptors (Lipinski definition) is 3. The number of para-hydroxylation sites is 1. The molecule has 0 spiro atoms. The van der Waals surface area contributed by atoms with Crippen molar-refractivity contribution in [3.05, 3.63) is 28.2 Å². The van der Waals surface area contributed by atoms with E-state index >= 15 is 0 Å². The highest BCUT2D eigenvalue weighted by Gasteiger charge is 2.16. The second-order valence-electron chi connectivity index (χ2n) is 4.64. The standard InChI is InChI=1S/C14H21BrN2O2/c1-9(2)17-8-11-6-5-7-12(15)13(11)19-10(3)14(18)16-4/h5-7,9-10,17H,8H2,1-4H3,(H,16,18). The van der Waals surface area contributed by atoms with Crippen LogP contribution < -0.4 is 15.4 Å². The minimum Gasteiger partial charge on any atom is -0.479 e. The predicted octanol–water partition coefficient (Wildman–Crippen LogP) is 2.46. The Hall–Kier alpha value is -1.07. The number of ether oxygens (including phenoxy) is 1. The number of rotatable bonds is 6. The summed E-state index contributed by atoms with van der Waals surface area (Å²) in [5.41, 5.74) is 1.03. The van der Waals surface area contributed by atoms with E-state index in [4.69, 9.17) is 4.74 Å². The molecule has 106 valence electrons. The van der Waals surface area contributed by atoms with Crippen molar-refractivity contribution in [3.63, 3.8) is 0 Å². The van der Waals surface area contributed by atoms with Crippen LogP contribution in [0.3, 0.4) is 0 Å². The number of nitrogens with one attached hydrogen (secondary N) is 2. The lowest BCUT2D eigenvalue weighted by atomic mass is 10.2. The average Bonchev–Trinajstić information content (AvgIpc) is 2.38. The molecule has 0 saturated heterocycles. The summed E-state index contributed by atoms with van der Waals surface area (Å²) in [5, 5.41) is 5.92. The fourth-order valence-corrected chi connectivity index (χ4v) is 2.07. The molecule has 0 radical (unpaired) electrons. The van der Waals surface area contributed by atoms with Gasteiger partial charge in [0, 0.05) is 25.2 Å². The quantitative estimate of drug-likeness (QED) is 0.843. The third kappa shape index (κ3) is 4.84. The van der Waals surface area contributed by atoms with E-state index in [1.54, 1.807) is 14.0 Å². The van der Waals surface area contributed by atoms with Gasteiger partial charge in [-0.3, -0.25) is 4.79 Å². The van der Waals surface area contributed by atoms with E-state index in [9.17, 15) is 4.79 Å². The average molecular weight is 329 g/mol. The van der Waals surface area contributed by atoms with Gasteiger partial charge in [0.05, 0.1) is 4.47 Å². The van der Waals surface area contributed by atoms with Crippen molar-refractivity contribution in [1.29, 1.82) is 0 Å². The molecule has 0 aliphatic carbocycles. The Labute approximate surface area is 123 Å². The van der Waals surface area contributed by atoms with Crippen LogP contribution in [0.5, 0.6) is 5.75 Å². The lowest BCUT2D eigenvalue weighted by molar-refractivity contribution is -0.126. The number of amides is 1. The molecule has 0 aliphatic rings. The van der Waals surface area contributed by atoms with Gasteiger partial charge in [-0.05, 0) is 28.9 Å². The molecule has 1 rings (SSSR count). The Morgan fingerprint density at radius 2 is 2.05 bits per heavy atom. The van der Waals surface area contributed by atoms with Crippen molar-refractivity contribution in [1.82, 2.24) is 10.6 Å². The van der Waals surface area contributed by atoms with E-state index in [1.165, 1.54) is 0 Å². The minimum absolute atomic E-state index is 0.140. The molecule has 1 aromatic carbocycles. The molecule has 5 heteroatoms. The molecule has 4 nitrogen and oxygen atoms in total. The second-order valence-corrected chi connectivity index (χ2v) is 5.49. The summed E-state index contributed by atoms with van der Waals surface area (Å²) in [7, 11) is 1.60. The first-order valence-electron chi connectivity index (χ1n) is 6.34. The Kier molecular flexibility index (Phi) is 6.31. The van der Waals surface area contributed by atoms with Crippen molar-refractivity contribution in [2.24, 2.45) is 0 Å². The molecule has 0 bridgehead atoms. The Balaban J connectivity index is 2.88. The summed E-state index contributed by atoms with van der Waals surface area (Å²) in [6.07, 6.45) is -0.526. The van der Waals surface area contributed by atoms with Crippen LogP contribution in [0.15, 0.2) is 22.7 Å². The highest BCUT2D eigenvalue weighted by molar-refractivity contribution is 9.10. The van der Waals surface area contributed by atoms with Gasteiger partial charge < -0.3 is 15.4 Å². The van der Waals surface area contributed by atoms with Crippen LogP contribution in [-0.2, 0) is 11.3 Å². The second kappa shape index (κ2) is 7.50. The molecule has 0 aliphatic heterocycles. The summed E-state index contributed by atoms with van der Waals surface area (Å²) in [4.78, 5) is 11.5.